The number of carbonyl (C=O) groups excluding carboxylic acids is 1. The van der Waals surface area contributed by atoms with E-state index in [-0.39, 0.29) is 12.0 Å². The first-order chi connectivity index (χ1) is 9.04. The van der Waals surface area contributed by atoms with Crippen molar-refractivity contribution in [3.8, 4) is 0 Å². The van der Waals surface area contributed by atoms with Crippen molar-refractivity contribution in [1.29, 1.82) is 0 Å². The van der Waals surface area contributed by atoms with Crippen molar-refractivity contribution < 1.29 is 14.7 Å². The molecule has 0 saturated carbocycles. The number of ketones is 1. The van der Waals surface area contributed by atoms with Crippen LogP contribution < -0.4 is 5.73 Å². The third kappa shape index (κ3) is 2.53. The number of imidazole rings is 1. The van der Waals surface area contributed by atoms with Crippen LogP contribution in [0.5, 0.6) is 0 Å². The van der Waals surface area contributed by atoms with Crippen LogP contribution in [0.1, 0.15) is 16.1 Å². The molecule has 0 fully saturated rings. The number of nitrogens with two attached hydrogens (primary N) is 1. The molecule has 0 spiro atoms. The maximum absolute atomic E-state index is 12.3. The van der Waals surface area contributed by atoms with Crippen molar-refractivity contribution in [2.24, 2.45) is 5.73 Å². The van der Waals surface area contributed by atoms with Crippen molar-refractivity contribution in [2.75, 3.05) is 0 Å². The predicted octanol–water partition coefficient (Wildman–Crippen LogP) is 0.617. The number of H-pyrrole nitrogens is 1. The number of Topliss-reactive ketones (excluding diaryl/α,β-unsaturated/α-hetero) is 1. The Hall–Kier alpha value is -2.47. The second-order valence-electron chi connectivity index (χ2n) is 4.23. The molecule has 19 heavy (non-hydrogen) atoms. The Balaban J connectivity index is 2.34. The molecule has 1 heterocycles. The summed E-state index contributed by atoms with van der Waals surface area (Å²) in [5.74, 6) is -1.99. The van der Waals surface area contributed by atoms with Crippen molar-refractivity contribution in [2.45, 2.75) is 12.0 Å². The lowest BCUT2D eigenvalue weighted by atomic mass is 9.86. The van der Waals surface area contributed by atoms with Gasteiger partial charge in [-0.1, -0.05) is 30.3 Å². The Labute approximate surface area is 109 Å². The topological polar surface area (TPSA) is 109 Å². The van der Waals surface area contributed by atoms with Gasteiger partial charge in [0.05, 0.1) is 6.33 Å². The zero-order chi connectivity index (χ0) is 13.9. The largest absolute Gasteiger partial charge is 0.480 e. The van der Waals surface area contributed by atoms with E-state index in [1.807, 2.05) is 0 Å². The van der Waals surface area contributed by atoms with Crippen molar-refractivity contribution in [3.05, 3.63) is 54.1 Å². The highest BCUT2D eigenvalue weighted by Crippen LogP contribution is 2.16. The summed E-state index contributed by atoms with van der Waals surface area (Å²) in [5, 5.41) is 9.28. The van der Waals surface area contributed by atoms with Crippen molar-refractivity contribution in [3.63, 3.8) is 0 Å². The minimum absolute atomic E-state index is 0.143. The summed E-state index contributed by atoms with van der Waals surface area (Å²) in [6.45, 7) is 0. The number of aromatic amines is 1. The zero-order valence-electron chi connectivity index (χ0n) is 10.0. The smallest absolute Gasteiger partial charge is 0.332 e. The number of nitrogens with zero attached hydrogens (tertiary/aromatic N) is 1. The summed E-state index contributed by atoms with van der Waals surface area (Å²) >= 11 is 0. The molecule has 1 unspecified atom stereocenters. The first-order valence-corrected chi connectivity index (χ1v) is 5.63. The van der Waals surface area contributed by atoms with Crippen LogP contribution in [0.25, 0.3) is 0 Å². The summed E-state index contributed by atoms with van der Waals surface area (Å²) in [4.78, 5) is 30.2. The van der Waals surface area contributed by atoms with E-state index in [4.69, 9.17) is 5.73 Å². The zero-order valence-corrected chi connectivity index (χ0v) is 10.0. The van der Waals surface area contributed by atoms with Gasteiger partial charge in [0.1, 0.15) is 0 Å². The number of aromatic nitrogens is 2. The summed E-state index contributed by atoms with van der Waals surface area (Å²) < 4.78 is 0. The minimum atomic E-state index is -2.01. The Kier molecular flexibility index (Phi) is 3.43. The Morgan fingerprint density at radius 2 is 2.00 bits per heavy atom. The molecular formula is C13H13N3O3. The summed E-state index contributed by atoms with van der Waals surface area (Å²) in [5.41, 5.74) is 4.57. The lowest BCUT2D eigenvalue weighted by Crippen LogP contribution is -2.56. The summed E-state index contributed by atoms with van der Waals surface area (Å²) in [6.07, 6.45) is 2.71. The SMILES string of the molecule is NC(Cc1cnc[nH]1)(C(=O)O)C(=O)c1ccccc1. The molecule has 0 saturated heterocycles. The first-order valence-electron chi connectivity index (χ1n) is 5.63. The number of carboxylic acids is 1. The van der Waals surface area contributed by atoms with Crippen LogP contribution in [0, 0.1) is 0 Å². The van der Waals surface area contributed by atoms with Gasteiger partial charge in [0.15, 0.2) is 11.3 Å². The Bertz CT molecular complexity index is 580. The summed E-state index contributed by atoms with van der Waals surface area (Å²) in [7, 11) is 0. The number of rotatable bonds is 5. The molecule has 98 valence electrons. The molecule has 2 aromatic rings. The monoisotopic (exact) mass is 259 g/mol. The molecule has 0 aliphatic heterocycles. The van der Waals surface area contributed by atoms with Gasteiger partial charge in [0, 0.05) is 23.9 Å². The van der Waals surface area contributed by atoms with Gasteiger partial charge in [0.25, 0.3) is 0 Å². The molecule has 0 aliphatic carbocycles. The average molecular weight is 259 g/mol. The van der Waals surface area contributed by atoms with Gasteiger partial charge < -0.3 is 15.8 Å². The molecule has 6 nitrogen and oxygen atoms in total. The Morgan fingerprint density at radius 3 is 2.53 bits per heavy atom. The van der Waals surface area contributed by atoms with E-state index in [1.165, 1.54) is 12.5 Å². The maximum atomic E-state index is 12.3. The quantitative estimate of drug-likeness (QED) is 0.538. The maximum Gasteiger partial charge on any atom is 0.332 e. The lowest BCUT2D eigenvalue weighted by Gasteiger charge is -2.22. The van der Waals surface area contributed by atoms with E-state index in [9.17, 15) is 14.7 Å². The minimum Gasteiger partial charge on any atom is -0.480 e. The van der Waals surface area contributed by atoms with Gasteiger partial charge in [-0.3, -0.25) is 4.79 Å². The highest BCUT2D eigenvalue weighted by atomic mass is 16.4. The van der Waals surface area contributed by atoms with E-state index in [0.717, 1.165) is 0 Å². The first kappa shape index (κ1) is 13.0. The van der Waals surface area contributed by atoms with Crippen molar-refractivity contribution in [1.82, 2.24) is 9.97 Å². The molecule has 1 atom stereocenters. The van der Waals surface area contributed by atoms with Gasteiger partial charge in [0.2, 0.25) is 0 Å². The average Bonchev–Trinajstić information content (AvgIpc) is 2.91. The van der Waals surface area contributed by atoms with Crippen LogP contribution in [0.3, 0.4) is 0 Å². The predicted molar refractivity (Wildman–Crippen MR) is 67.6 cm³/mol. The summed E-state index contributed by atoms with van der Waals surface area (Å²) in [6, 6.07) is 8.14. The Morgan fingerprint density at radius 1 is 1.32 bits per heavy atom. The molecule has 0 bridgehead atoms. The molecule has 1 aromatic carbocycles. The fourth-order valence-corrected chi connectivity index (χ4v) is 1.78. The van der Waals surface area contributed by atoms with E-state index in [2.05, 4.69) is 9.97 Å². The third-order valence-corrected chi connectivity index (χ3v) is 2.85. The molecule has 0 radical (unpaired) electrons. The molecular weight excluding hydrogens is 246 g/mol. The second kappa shape index (κ2) is 5.03. The van der Waals surface area contributed by atoms with Gasteiger partial charge in [-0.15, -0.1) is 0 Å². The van der Waals surface area contributed by atoms with Gasteiger partial charge in [-0.25, -0.2) is 9.78 Å². The van der Waals surface area contributed by atoms with Gasteiger partial charge in [-0.2, -0.15) is 0 Å². The van der Waals surface area contributed by atoms with E-state index >= 15 is 0 Å². The number of benzene rings is 1. The van der Waals surface area contributed by atoms with Crippen LogP contribution in [-0.4, -0.2) is 32.4 Å². The van der Waals surface area contributed by atoms with Gasteiger partial charge in [-0.05, 0) is 0 Å². The normalized spacial score (nSPS) is 13.7. The van der Waals surface area contributed by atoms with E-state index in [0.29, 0.717) is 5.69 Å². The third-order valence-electron chi connectivity index (χ3n) is 2.85. The number of nitrogens with one attached hydrogen (secondary N) is 1. The van der Waals surface area contributed by atoms with Gasteiger partial charge >= 0.3 is 5.97 Å². The van der Waals surface area contributed by atoms with Crippen LogP contribution in [0.4, 0.5) is 0 Å². The fourth-order valence-electron chi connectivity index (χ4n) is 1.78. The molecule has 6 heteroatoms. The standard InChI is InChI=1S/C13H13N3O3/c14-13(12(18)19,6-10-7-15-8-16-10)11(17)9-4-2-1-3-5-9/h1-5,7-8H,6,14H2,(H,15,16)(H,18,19). The molecule has 2 rings (SSSR count). The molecule has 0 aliphatic rings. The second-order valence-corrected chi connectivity index (χ2v) is 4.23. The number of carbonyl (C=O) groups is 2. The number of carboxylic acid groups (broad SMARTS) is 1. The number of aliphatic carboxylic acids is 1. The highest BCUT2D eigenvalue weighted by molar-refractivity contribution is 6.16. The number of hydrogen-bond acceptors (Lipinski definition) is 4. The van der Waals surface area contributed by atoms with Crippen LogP contribution in [0.15, 0.2) is 42.9 Å². The fraction of sp³-hybridized carbons (Fsp3) is 0.154. The molecule has 1 aromatic heterocycles. The van der Waals surface area contributed by atoms with E-state index < -0.39 is 17.3 Å². The highest BCUT2D eigenvalue weighted by Gasteiger charge is 2.43. The lowest BCUT2D eigenvalue weighted by molar-refractivity contribution is -0.141. The van der Waals surface area contributed by atoms with Crippen molar-refractivity contribution >= 4 is 11.8 Å². The number of hydrogen-bond donors (Lipinski definition) is 3. The van der Waals surface area contributed by atoms with E-state index in [1.54, 1.807) is 30.3 Å². The van der Waals surface area contributed by atoms with Crippen LogP contribution in [0.2, 0.25) is 0 Å². The van der Waals surface area contributed by atoms with Crippen LogP contribution in [-0.2, 0) is 11.2 Å². The van der Waals surface area contributed by atoms with Crippen LogP contribution >= 0.6 is 0 Å². The molecule has 0 amide bonds. The molecule has 4 N–H and O–H groups in total.